The van der Waals surface area contributed by atoms with E-state index in [0.29, 0.717) is 41.1 Å². The molecule has 2 aromatic carbocycles. The maximum Gasteiger partial charge on any atom is 0.230 e. The van der Waals surface area contributed by atoms with Gasteiger partial charge in [0.25, 0.3) is 0 Å². The number of aliphatic hydroxyl groups excluding tert-OH is 1. The molecule has 0 bridgehead atoms. The number of rotatable bonds is 10. The molecule has 0 saturated carbocycles. The van der Waals surface area contributed by atoms with Gasteiger partial charge in [0.2, 0.25) is 11.7 Å². The van der Waals surface area contributed by atoms with Crippen molar-refractivity contribution in [1.29, 1.82) is 5.26 Å². The lowest BCUT2D eigenvalue weighted by Gasteiger charge is -2.33. The predicted molar refractivity (Wildman–Crippen MR) is 165 cm³/mol. The topological polar surface area (TPSA) is 134 Å². The summed E-state index contributed by atoms with van der Waals surface area (Å²) in [5.74, 6) is 3.50. The van der Waals surface area contributed by atoms with Crippen molar-refractivity contribution in [2.45, 2.75) is 38.4 Å². The molecular formula is C32H36N8O4. The standard InChI is InChI=1S/C32H36N8O4/c1-42-27-13-24(14-28(43-2)30(27)44-3)39-18-29(34-20-39)36-32-35-26-17-38(16-22-7-4-6-21(12-22)15-33)11-9-25(26)31(37-32)40-10-5-8-23(40)19-41/h4,6-7,12-14,18,20,23,41H,5,8-11,16-17,19H2,1-3H3,(H,35,36,37). The van der Waals surface area contributed by atoms with Crippen LogP contribution in [0.15, 0.2) is 48.9 Å². The number of ether oxygens (including phenoxy) is 3. The van der Waals surface area contributed by atoms with Gasteiger partial charge in [0.05, 0.1) is 63.2 Å². The van der Waals surface area contributed by atoms with Gasteiger partial charge in [-0.05, 0) is 37.0 Å². The Bertz CT molecular complexity index is 1660. The van der Waals surface area contributed by atoms with E-state index in [1.165, 1.54) is 0 Å². The van der Waals surface area contributed by atoms with Crippen molar-refractivity contribution in [2.24, 2.45) is 0 Å². The molecule has 228 valence electrons. The van der Waals surface area contributed by atoms with Gasteiger partial charge in [-0.15, -0.1) is 0 Å². The Labute approximate surface area is 256 Å². The van der Waals surface area contributed by atoms with E-state index >= 15 is 0 Å². The molecule has 4 heterocycles. The highest BCUT2D eigenvalue weighted by Crippen LogP contribution is 2.39. The Morgan fingerprint density at radius 1 is 1.07 bits per heavy atom. The first-order valence-electron chi connectivity index (χ1n) is 14.6. The zero-order chi connectivity index (χ0) is 30.6. The quantitative estimate of drug-likeness (QED) is 0.277. The van der Waals surface area contributed by atoms with Crippen LogP contribution in [0, 0.1) is 11.3 Å². The van der Waals surface area contributed by atoms with Gasteiger partial charge < -0.3 is 34.1 Å². The van der Waals surface area contributed by atoms with Crippen LogP contribution in [0.3, 0.4) is 0 Å². The van der Waals surface area contributed by atoms with E-state index < -0.39 is 0 Å². The highest BCUT2D eigenvalue weighted by Gasteiger charge is 2.31. The largest absolute Gasteiger partial charge is 0.493 e. The number of nitrogens with zero attached hydrogens (tertiary/aromatic N) is 7. The van der Waals surface area contributed by atoms with Crippen LogP contribution in [0.25, 0.3) is 5.69 Å². The SMILES string of the molecule is COc1cc(-n2cnc(Nc3nc4c(c(N5CCCC5CO)n3)CCN(Cc3cccc(C#N)c3)C4)c2)cc(OC)c1OC. The lowest BCUT2D eigenvalue weighted by atomic mass is 10.0. The predicted octanol–water partition coefficient (Wildman–Crippen LogP) is 3.82. The third-order valence-corrected chi connectivity index (χ3v) is 8.21. The summed E-state index contributed by atoms with van der Waals surface area (Å²) < 4.78 is 18.3. The molecule has 6 rings (SSSR count). The molecule has 2 aromatic heterocycles. The van der Waals surface area contributed by atoms with Crippen LogP contribution >= 0.6 is 0 Å². The number of fused-ring (bicyclic) bond motifs is 1. The van der Waals surface area contributed by atoms with Crippen molar-refractivity contribution in [3.05, 3.63) is 71.3 Å². The van der Waals surface area contributed by atoms with Gasteiger partial charge in [-0.2, -0.15) is 10.2 Å². The summed E-state index contributed by atoms with van der Waals surface area (Å²) in [7, 11) is 4.74. The number of anilines is 3. The molecule has 44 heavy (non-hydrogen) atoms. The van der Waals surface area contributed by atoms with Gasteiger partial charge >= 0.3 is 0 Å². The molecule has 1 atom stereocenters. The molecule has 0 spiro atoms. The monoisotopic (exact) mass is 596 g/mol. The minimum Gasteiger partial charge on any atom is -0.493 e. The molecule has 0 amide bonds. The Balaban J connectivity index is 1.30. The highest BCUT2D eigenvalue weighted by molar-refractivity contribution is 5.60. The number of hydrogen-bond acceptors (Lipinski definition) is 11. The molecule has 1 unspecified atom stereocenters. The summed E-state index contributed by atoms with van der Waals surface area (Å²) in [6, 6.07) is 13.7. The molecule has 0 aliphatic carbocycles. The van der Waals surface area contributed by atoms with Crippen LogP contribution in [-0.4, -0.2) is 76.6 Å². The fraction of sp³-hybridized carbons (Fsp3) is 0.375. The maximum atomic E-state index is 10.1. The third kappa shape index (κ3) is 5.84. The summed E-state index contributed by atoms with van der Waals surface area (Å²) in [6.45, 7) is 3.15. The van der Waals surface area contributed by atoms with Gasteiger partial charge in [-0.3, -0.25) is 4.90 Å². The summed E-state index contributed by atoms with van der Waals surface area (Å²) in [6.07, 6.45) is 6.28. The number of imidazole rings is 1. The molecule has 2 aliphatic heterocycles. The lowest BCUT2D eigenvalue weighted by Crippen LogP contribution is -2.37. The van der Waals surface area contributed by atoms with Crippen LogP contribution in [0.2, 0.25) is 0 Å². The molecule has 2 aliphatic rings. The number of nitrogens with one attached hydrogen (secondary N) is 1. The van der Waals surface area contributed by atoms with E-state index in [0.717, 1.165) is 67.2 Å². The van der Waals surface area contributed by atoms with E-state index in [9.17, 15) is 10.4 Å². The zero-order valence-electron chi connectivity index (χ0n) is 25.2. The van der Waals surface area contributed by atoms with Crippen LogP contribution in [-0.2, 0) is 19.5 Å². The first-order chi connectivity index (χ1) is 21.5. The molecule has 0 radical (unpaired) electrons. The van der Waals surface area contributed by atoms with Crippen molar-refractivity contribution in [2.75, 3.05) is 51.2 Å². The fourth-order valence-electron chi connectivity index (χ4n) is 6.05. The highest BCUT2D eigenvalue weighted by atomic mass is 16.5. The average Bonchev–Trinajstić information content (AvgIpc) is 3.73. The maximum absolute atomic E-state index is 10.1. The van der Waals surface area contributed by atoms with Gasteiger partial charge in [0.1, 0.15) is 12.1 Å². The first kappa shape index (κ1) is 29.2. The summed E-state index contributed by atoms with van der Waals surface area (Å²) in [5, 5.41) is 22.7. The van der Waals surface area contributed by atoms with Gasteiger partial charge in [-0.1, -0.05) is 12.1 Å². The molecule has 12 nitrogen and oxygen atoms in total. The number of aromatic nitrogens is 4. The minimum atomic E-state index is 0.0350. The Kier molecular flexibility index (Phi) is 8.49. The Morgan fingerprint density at radius 3 is 2.61 bits per heavy atom. The van der Waals surface area contributed by atoms with Crippen molar-refractivity contribution in [3.8, 4) is 29.0 Å². The summed E-state index contributed by atoms with van der Waals surface area (Å²) >= 11 is 0. The van der Waals surface area contributed by atoms with Crippen LogP contribution in [0.4, 0.5) is 17.6 Å². The average molecular weight is 597 g/mol. The van der Waals surface area contributed by atoms with Crippen molar-refractivity contribution in [1.82, 2.24) is 24.4 Å². The number of nitriles is 1. The van der Waals surface area contributed by atoms with Crippen molar-refractivity contribution in [3.63, 3.8) is 0 Å². The van der Waals surface area contributed by atoms with E-state index in [-0.39, 0.29) is 12.6 Å². The minimum absolute atomic E-state index is 0.0350. The number of benzene rings is 2. The molecular weight excluding hydrogens is 560 g/mol. The molecule has 4 aromatic rings. The lowest BCUT2D eigenvalue weighted by molar-refractivity contribution is 0.240. The molecule has 2 N–H and O–H groups in total. The number of aliphatic hydroxyl groups is 1. The zero-order valence-corrected chi connectivity index (χ0v) is 25.2. The van der Waals surface area contributed by atoms with Crippen LogP contribution in [0.5, 0.6) is 17.2 Å². The van der Waals surface area contributed by atoms with E-state index in [1.54, 1.807) is 27.7 Å². The van der Waals surface area contributed by atoms with Crippen molar-refractivity contribution < 1.29 is 19.3 Å². The van der Waals surface area contributed by atoms with Crippen molar-refractivity contribution >= 4 is 17.6 Å². The van der Waals surface area contributed by atoms with Gasteiger partial charge in [0, 0.05) is 43.9 Å². The fourth-order valence-corrected chi connectivity index (χ4v) is 6.05. The van der Waals surface area contributed by atoms with Gasteiger partial charge in [-0.25, -0.2) is 9.97 Å². The third-order valence-electron chi connectivity index (χ3n) is 8.21. The Hall–Kier alpha value is -4.86. The Morgan fingerprint density at radius 2 is 1.89 bits per heavy atom. The molecule has 12 heteroatoms. The number of methoxy groups -OCH3 is 3. The second kappa shape index (κ2) is 12.8. The van der Waals surface area contributed by atoms with Gasteiger partial charge in [0.15, 0.2) is 17.3 Å². The van der Waals surface area contributed by atoms with E-state index in [1.807, 2.05) is 41.1 Å². The summed E-state index contributed by atoms with van der Waals surface area (Å²) in [4.78, 5) is 19.1. The molecule has 1 saturated heterocycles. The summed E-state index contributed by atoms with van der Waals surface area (Å²) in [5.41, 5.74) is 4.61. The normalized spacial score (nSPS) is 16.3. The van der Waals surface area contributed by atoms with Crippen LogP contribution in [0.1, 0.15) is 35.2 Å². The first-order valence-corrected chi connectivity index (χ1v) is 14.6. The smallest absolute Gasteiger partial charge is 0.230 e. The second-order valence-electron chi connectivity index (χ2n) is 10.9. The molecule has 1 fully saturated rings. The van der Waals surface area contributed by atoms with E-state index in [4.69, 9.17) is 24.2 Å². The van der Waals surface area contributed by atoms with Crippen LogP contribution < -0.4 is 24.4 Å². The second-order valence-corrected chi connectivity index (χ2v) is 10.9. The van der Waals surface area contributed by atoms with E-state index in [2.05, 4.69) is 32.2 Å². The number of hydrogen-bond donors (Lipinski definition) is 2.